The summed E-state index contributed by atoms with van der Waals surface area (Å²) >= 11 is 0. The molecule has 6 heteroatoms. The van der Waals surface area contributed by atoms with Crippen LogP contribution in [0.3, 0.4) is 0 Å². The van der Waals surface area contributed by atoms with Crippen LogP contribution < -0.4 is 16.0 Å². The van der Waals surface area contributed by atoms with E-state index in [4.69, 9.17) is 0 Å². The molecule has 1 aromatic rings. The SMILES string of the molecule is CCNc1ccc(C(=O)NC2CCC(=O)NC2)nc1. The molecule has 0 aromatic carbocycles. The molecule has 0 saturated carbocycles. The molecular formula is C13H18N4O2. The third-order valence-corrected chi connectivity index (χ3v) is 2.98. The Morgan fingerprint density at radius 2 is 2.37 bits per heavy atom. The number of piperidine rings is 1. The van der Waals surface area contributed by atoms with E-state index in [9.17, 15) is 9.59 Å². The molecule has 1 aromatic heterocycles. The monoisotopic (exact) mass is 262 g/mol. The molecule has 0 bridgehead atoms. The molecule has 0 spiro atoms. The van der Waals surface area contributed by atoms with E-state index in [0.29, 0.717) is 25.1 Å². The molecule has 0 radical (unpaired) electrons. The van der Waals surface area contributed by atoms with Crippen molar-refractivity contribution in [2.75, 3.05) is 18.4 Å². The van der Waals surface area contributed by atoms with Gasteiger partial charge in [0.1, 0.15) is 5.69 Å². The molecule has 1 aliphatic heterocycles. The van der Waals surface area contributed by atoms with Crippen molar-refractivity contribution >= 4 is 17.5 Å². The van der Waals surface area contributed by atoms with Crippen molar-refractivity contribution in [2.45, 2.75) is 25.8 Å². The van der Waals surface area contributed by atoms with Crippen LogP contribution in [0.25, 0.3) is 0 Å². The molecule has 2 heterocycles. The Morgan fingerprint density at radius 3 is 2.95 bits per heavy atom. The van der Waals surface area contributed by atoms with Gasteiger partial charge in [-0.15, -0.1) is 0 Å². The minimum absolute atomic E-state index is 0.0135. The summed E-state index contributed by atoms with van der Waals surface area (Å²) < 4.78 is 0. The van der Waals surface area contributed by atoms with E-state index in [-0.39, 0.29) is 17.9 Å². The molecule has 0 aliphatic carbocycles. The van der Waals surface area contributed by atoms with Crippen molar-refractivity contribution in [3.63, 3.8) is 0 Å². The lowest BCUT2D eigenvalue weighted by Gasteiger charge is -2.23. The Morgan fingerprint density at radius 1 is 1.53 bits per heavy atom. The van der Waals surface area contributed by atoms with Crippen molar-refractivity contribution in [1.82, 2.24) is 15.6 Å². The van der Waals surface area contributed by atoms with E-state index in [1.165, 1.54) is 0 Å². The van der Waals surface area contributed by atoms with Gasteiger partial charge in [0, 0.05) is 25.6 Å². The summed E-state index contributed by atoms with van der Waals surface area (Å²) in [5.74, 6) is -0.164. The lowest BCUT2D eigenvalue weighted by molar-refractivity contribution is -0.122. The predicted molar refractivity (Wildman–Crippen MR) is 71.9 cm³/mol. The number of aromatic nitrogens is 1. The second-order valence-electron chi connectivity index (χ2n) is 4.48. The number of rotatable bonds is 4. The van der Waals surface area contributed by atoms with Crippen LogP contribution in [0.15, 0.2) is 18.3 Å². The van der Waals surface area contributed by atoms with Crippen LogP contribution >= 0.6 is 0 Å². The summed E-state index contributed by atoms with van der Waals surface area (Å²) in [6.45, 7) is 3.30. The van der Waals surface area contributed by atoms with E-state index >= 15 is 0 Å². The number of hydrogen-bond donors (Lipinski definition) is 3. The Balaban J connectivity index is 1.90. The minimum atomic E-state index is -0.204. The zero-order valence-corrected chi connectivity index (χ0v) is 10.9. The number of carbonyl (C=O) groups excluding carboxylic acids is 2. The Bertz CT molecular complexity index is 448. The summed E-state index contributed by atoms with van der Waals surface area (Å²) in [6.07, 6.45) is 2.77. The highest BCUT2D eigenvalue weighted by molar-refractivity contribution is 5.92. The van der Waals surface area contributed by atoms with Gasteiger partial charge in [-0.1, -0.05) is 0 Å². The first-order valence-corrected chi connectivity index (χ1v) is 6.46. The molecule has 19 heavy (non-hydrogen) atoms. The fourth-order valence-corrected chi connectivity index (χ4v) is 1.95. The third kappa shape index (κ3) is 3.67. The minimum Gasteiger partial charge on any atom is -0.384 e. The first-order chi connectivity index (χ1) is 9.19. The van der Waals surface area contributed by atoms with Gasteiger partial charge in [0.2, 0.25) is 5.91 Å². The molecule has 1 atom stereocenters. The molecule has 1 unspecified atom stereocenters. The highest BCUT2D eigenvalue weighted by Crippen LogP contribution is 2.07. The van der Waals surface area contributed by atoms with E-state index in [2.05, 4.69) is 20.9 Å². The van der Waals surface area contributed by atoms with Crippen LogP contribution in [0.5, 0.6) is 0 Å². The van der Waals surface area contributed by atoms with Gasteiger partial charge in [-0.3, -0.25) is 9.59 Å². The average molecular weight is 262 g/mol. The van der Waals surface area contributed by atoms with Crippen LogP contribution in [0, 0.1) is 0 Å². The molecular weight excluding hydrogens is 244 g/mol. The molecule has 3 N–H and O–H groups in total. The summed E-state index contributed by atoms with van der Waals surface area (Å²) in [6, 6.07) is 3.50. The molecule has 1 fully saturated rings. The number of anilines is 1. The lowest BCUT2D eigenvalue weighted by Crippen LogP contribution is -2.47. The highest BCUT2D eigenvalue weighted by Gasteiger charge is 2.20. The van der Waals surface area contributed by atoms with Gasteiger partial charge in [-0.25, -0.2) is 4.98 Å². The van der Waals surface area contributed by atoms with Crippen LogP contribution in [0.1, 0.15) is 30.3 Å². The number of hydrogen-bond acceptors (Lipinski definition) is 4. The van der Waals surface area contributed by atoms with Gasteiger partial charge < -0.3 is 16.0 Å². The zero-order valence-electron chi connectivity index (χ0n) is 10.9. The summed E-state index contributed by atoms with van der Waals surface area (Å²) in [7, 11) is 0. The highest BCUT2D eigenvalue weighted by atomic mass is 16.2. The van der Waals surface area contributed by atoms with Gasteiger partial charge in [0.25, 0.3) is 5.91 Å². The molecule has 2 amide bonds. The predicted octanol–water partition coefficient (Wildman–Crippen LogP) is 0.522. The molecule has 2 rings (SSSR count). The average Bonchev–Trinajstić information content (AvgIpc) is 2.42. The first-order valence-electron chi connectivity index (χ1n) is 6.46. The van der Waals surface area contributed by atoms with Crippen LogP contribution in [0.2, 0.25) is 0 Å². The van der Waals surface area contributed by atoms with Gasteiger partial charge >= 0.3 is 0 Å². The maximum Gasteiger partial charge on any atom is 0.270 e. The van der Waals surface area contributed by atoms with Crippen molar-refractivity contribution < 1.29 is 9.59 Å². The van der Waals surface area contributed by atoms with Crippen molar-refractivity contribution in [3.05, 3.63) is 24.0 Å². The second-order valence-corrected chi connectivity index (χ2v) is 4.48. The quantitative estimate of drug-likeness (QED) is 0.739. The molecule has 1 aliphatic rings. The van der Waals surface area contributed by atoms with Gasteiger partial charge in [-0.05, 0) is 25.5 Å². The fourth-order valence-electron chi connectivity index (χ4n) is 1.95. The van der Waals surface area contributed by atoms with Crippen molar-refractivity contribution in [1.29, 1.82) is 0 Å². The van der Waals surface area contributed by atoms with E-state index in [1.807, 2.05) is 13.0 Å². The normalized spacial score (nSPS) is 18.6. The van der Waals surface area contributed by atoms with E-state index in [0.717, 1.165) is 12.2 Å². The van der Waals surface area contributed by atoms with Crippen LogP contribution in [0.4, 0.5) is 5.69 Å². The van der Waals surface area contributed by atoms with Crippen LogP contribution in [-0.2, 0) is 4.79 Å². The summed E-state index contributed by atoms with van der Waals surface area (Å²) in [5, 5.41) is 8.72. The van der Waals surface area contributed by atoms with E-state index < -0.39 is 0 Å². The number of nitrogens with zero attached hydrogens (tertiary/aromatic N) is 1. The molecule has 6 nitrogen and oxygen atoms in total. The standard InChI is InChI=1S/C13H18N4O2/c1-2-14-9-3-5-11(15-7-9)13(19)17-10-4-6-12(18)16-8-10/h3,5,7,10,14H,2,4,6,8H2,1H3,(H,16,18)(H,17,19). The smallest absolute Gasteiger partial charge is 0.270 e. The first kappa shape index (κ1) is 13.3. The Labute approximate surface area is 112 Å². The van der Waals surface area contributed by atoms with E-state index in [1.54, 1.807) is 12.3 Å². The molecule has 102 valence electrons. The Hall–Kier alpha value is -2.11. The fraction of sp³-hybridized carbons (Fsp3) is 0.462. The van der Waals surface area contributed by atoms with Crippen LogP contribution in [-0.4, -0.2) is 35.9 Å². The number of nitrogens with one attached hydrogen (secondary N) is 3. The topological polar surface area (TPSA) is 83.1 Å². The number of pyridine rings is 1. The second kappa shape index (κ2) is 6.17. The zero-order chi connectivity index (χ0) is 13.7. The van der Waals surface area contributed by atoms with Gasteiger partial charge in [-0.2, -0.15) is 0 Å². The maximum atomic E-state index is 12.0. The maximum absolute atomic E-state index is 12.0. The summed E-state index contributed by atoms with van der Waals surface area (Å²) in [5.41, 5.74) is 1.28. The number of carbonyl (C=O) groups is 2. The Kier molecular flexibility index (Phi) is 4.33. The largest absolute Gasteiger partial charge is 0.384 e. The van der Waals surface area contributed by atoms with Crippen molar-refractivity contribution in [2.24, 2.45) is 0 Å². The van der Waals surface area contributed by atoms with Gasteiger partial charge in [0.15, 0.2) is 0 Å². The number of amides is 2. The third-order valence-electron chi connectivity index (χ3n) is 2.98. The lowest BCUT2D eigenvalue weighted by atomic mass is 10.1. The van der Waals surface area contributed by atoms with Gasteiger partial charge in [0.05, 0.1) is 11.9 Å². The molecule has 1 saturated heterocycles. The van der Waals surface area contributed by atoms with Crippen molar-refractivity contribution in [3.8, 4) is 0 Å². The summed E-state index contributed by atoms with van der Waals surface area (Å²) in [4.78, 5) is 27.1.